The van der Waals surface area contributed by atoms with Gasteiger partial charge in [-0.2, -0.15) is 0 Å². The summed E-state index contributed by atoms with van der Waals surface area (Å²) < 4.78 is 6.21. The van der Waals surface area contributed by atoms with Gasteiger partial charge in [-0.15, -0.1) is 0 Å². The minimum atomic E-state index is -0.237. The van der Waals surface area contributed by atoms with Crippen LogP contribution in [0.5, 0.6) is 5.75 Å². The van der Waals surface area contributed by atoms with Crippen LogP contribution >= 0.6 is 24.0 Å². The molecular formula is C28H27N3O3S2. The molecule has 0 spiro atoms. The van der Waals surface area contributed by atoms with E-state index in [0.29, 0.717) is 15.0 Å². The van der Waals surface area contributed by atoms with Gasteiger partial charge in [0.1, 0.15) is 5.75 Å². The normalized spacial score (nSPS) is 14.3. The predicted molar refractivity (Wildman–Crippen MR) is 153 cm³/mol. The molecule has 8 heteroatoms. The number of rotatable bonds is 7. The number of carbonyl (C=O) groups is 2. The van der Waals surface area contributed by atoms with Crippen molar-refractivity contribution in [1.82, 2.24) is 0 Å². The number of hydrogen-bond acceptors (Lipinski definition) is 6. The number of carbonyl (C=O) groups excluding carboxylic acids is 2. The number of nitrogens with zero attached hydrogens (tertiary/aromatic N) is 2. The van der Waals surface area contributed by atoms with Gasteiger partial charge >= 0.3 is 0 Å². The van der Waals surface area contributed by atoms with Crippen molar-refractivity contribution in [3.8, 4) is 5.75 Å². The fourth-order valence-electron chi connectivity index (χ4n) is 3.77. The van der Waals surface area contributed by atoms with Crippen molar-refractivity contribution in [3.63, 3.8) is 0 Å². The lowest BCUT2D eigenvalue weighted by Gasteiger charge is -2.17. The van der Waals surface area contributed by atoms with Gasteiger partial charge in [-0.05, 0) is 73.0 Å². The van der Waals surface area contributed by atoms with Gasteiger partial charge in [0.25, 0.3) is 11.8 Å². The van der Waals surface area contributed by atoms with E-state index in [-0.39, 0.29) is 18.4 Å². The molecule has 0 aromatic heterocycles. The standard InChI is InChI=1S/C28H27N3O3S2/c1-18-7-5-8-19(2)26(18)29-25(32)17-34-23-10-6-9-20(15-23)16-24-27(33)31(28(35)36-24)22-13-11-21(12-14-22)30(3)4/h5-16H,17H2,1-4H3,(H,29,32)/b24-16-. The van der Waals surface area contributed by atoms with E-state index >= 15 is 0 Å². The first-order chi connectivity index (χ1) is 17.2. The minimum absolute atomic E-state index is 0.123. The molecule has 1 N–H and O–H groups in total. The maximum Gasteiger partial charge on any atom is 0.270 e. The highest BCUT2D eigenvalue weighted by Gasteiger charge is 2.33. The monoisotopic (exact) mass is 517 g/mol. The summed E-state index contributed by atoms with van der Waals surface area (Å²) in [6, 6.07) is 20.8. The number of anilines is 3. The van der Waals surface area contributed by atoms with Crippen LogP contribution in [0, 0.1) is 13.8 Å². The van der Waals surface area contributed by atoms with Crippen LogP contribution in [0.4, 0.5) is 17.1 Å². The van der Waals surface area contributed by atoms with Crippen LogP contribution in [0.1, 0.15) is 16.7 Å². The maximum absolute atomic E-state index is 13.1. The number of benzene rings is 3. The molecule has 0 bridgehead atoms. The molecule has 36 heavy (non-hydrogen) atoms. The number of para-hydroxylation sites is 1. The van der Waals surface area contributed by atoms with Crippen molar-refractivity contribution in [3.05, 3.63) is 88.3 Å². The van der Waals surface area contributed by atoms with Gasteiger partial charge < -0.3 is 15.0 Å². The Bertz CT molecular complexity index is 1330. The second-order valence-corrected chi connectivity index (χ2v) is 10.3. The highest BCUT2D eigenvalue weighted by Crippen LogP contribution is 2.36. The van der Waals surface area contributed by atoms with Crippen molar-refractivity contribution >= 4 is 63.3 Å². The zero-order valence-electron chi connectivity index (χ0n) is 20.6. The first-order valence-electron chi connectivity index (χ1n) is 11.4. The van der Waals surface area contributed by atoms with Gasteiger partial charge in [0, 0.05) is 25.5 Å². The molecule has 184 valence electrons. The van der Waals surface area contributed by atoms with Crippen LogP contribution in [0.3, 0.4) is 0 Å². The first-order valence-corrected chi connectivity index (χ1v) is 12.6. The Labute approximate surface area is 220 Å². The van der Waals surface area contributed by atoms with Crippen molar-refractivity contribution in [1.29, 1.82) is 0 Å². The summed E-state index contributed by atoms with van der Waals surface area (Å²) >= 11 is 6.76. The van der Waals surface area contributed by atoms with Crippen molar-refractivity contribution < 1.29 is 14.3 Å². The predicted octanol–water partition coefficient (Wildman–Crippen LogP) is 5.79. The Kier molecular flexibility index (Phi) is 7.76. The minimum Gasteiger partial charge on any atom is -0.484 e. The lowest BCUT2D eigenvalue weighted by atomic mass is 10.1. The highest BCUT2D eigenvalue weighted by molar-refractivity contribution is 8.27. The summed E-state index contributed by atoms with van der Waals surface area (Å²) in [6.45, 7) is 3.78. The molecule has 1 aliphatic heterocycles. The number of thioether (sulfide) groups is 1. The number of nitrogens with one attached hydrogen (secondary N) is 1. The summed E-state index contributed by atoms with van der Waals surface area (Å²) in [5, 5.41) is 2.92. The summed E-state index contributed by atoms with van der Waals surface area (Å²) in [5.74, 6) is 0.135. The zero-order valence-corrected chi connectivity index (χ0v) is 22.2. The third-order valence-corrected chi connectivity index (χ3v) is 6.99. The molecule has 1 heterocycles. The Hall–Kier alpha value is -3.62. The topological polar surface area (TPSA) is 61.9 Å². The average Bonchev–Trinajstić information content (AvgIpc) is 3.13. The lowest BCUT2D eigenvalue weighted by Crippen LogP contribution is -2.27. The molecule has 0 saturated carbocycles. The Morgan fingerprint density at radius 3 is 2.39 bits per heavy atom. The molecule has 2 amide bonds. The maximum atomic E-state index is 13.1. The summed E-state index contributed by atoms with van der Waals surface area (Å²) in [5.41, 5.74) is 5.36. The summed E-state index contributed by atoms with van der Waals surface area (Å²) in [7, 11) is 3.93. The Morgan fingerprint density at radius 2 is 1.72 bits per heavy atom. The Morgan fingerprint density at radius 1 is 1.06 bits per heavy atom. The van der Waals surface area contributed by atoms with Crippen molar-refractivity contribution in [2.45, 2.75) is 13.8 Å². The Balaban J connectivity index is 1.43. The third kappa shape index (κ3) is 5.78. The summed E-state index contributed by atoms with van der Waals surface area (Å²) in [4.78, 5) is 29.6. The fourth-order valence-corrected chi connectivity index (χ4v) is 5.07. The van der Waals surface area contributed by atoms with E-state index in [9.17, 15) is 9.59 Å². The van der Waals surface area contributed by atoms with Gasteiger partial charge in [-0.1, -0.05) is 54.3 Å². The number of aryl methyl sites for hydroxylation is 2. The van der Waals surface area contributed by atoms with Gasteiger partial charge in [-0.25, -0.2) is 0 Å². The second-order valence-electron chi connectivity index (χ2n) is 8.60. The van der Waals surface area contributed by atoms with Gasteiger partial charge in [0.05, 0.1) is 10.6 Å². The smallest absolute Gasteiger partial charge is 0.270 e. The van der Waals surface area contributed by atoms with Crippen LogP contribution in [0.15, 0.2) is 71.6 Å². The largest absolute Gasteiger partial charge is 0.484 e. The molecule has 0 aliphatic carbocycles. The average molecular weight is 518 g/mol. The molecular weight excluding hydrogens is 490 g/mol. The molecule has 6 nitrogen and oxygen atoms in total. The van der Waals surface area contributed by atoms with E-state index in [1.165, 1.54) is 11.8 Å². The number of hydrogen-bond donors (Lipinski definition) is 1. The molecule has 1 aliphatic rings. The van der Waals surface area contributed by atoms with E-state index in [4.69, 9.17) is 17.0 Å². The van der Waals surface area contributed by atoms with Gasteiger partial charge in [0.2, 0.25) is 0 Å². The van der Waals surface area contributed by atoms with Gasteiger partial charge in [0.15, 0.2) is 10.9 Å². The summed E-state index contributed by atoms with van der Waals surface area (Å²) in [6.07, 6.45) is 1.79. The molecule has 0 radical (unpaired) electrons. The van der Waals surface area contributed by atoms with E-state index < -0.39 is 0 Å². The van der Waals surface area contributed by atoms with Crippen LogP contribution < -0.4 is 19.9 Å². The van der Waals surface area contributed by atoms with Crippen LogP contribution in [0.25, 0.3) is 6.08 Å². The second kappa shape index (κ2) is 11.0. The molecule has 1 fully saturated rings. The molecule has 0 unspecified atom stereocenters. The van der Waals surface area contributed by atoms with E-state index in [1.807, 2.05) is 87.4 Å². The molecule has 3 aromatic carbocycles. The van der Waals surface area contributed by atoms with E-state index in [2.05, 4.69) is 5.32 Å². The fraction of sp³-hybridized carbons (Fsp3) is 0.179. The first kappa shape index (κ1) is 25.5. The molecule has 0 atom stereocenters. The van der Waals surface area contributed by atoms with Crippen molar-refractivity contribution in [2.75, 3.05) is 35.8 Å². The quantitative estimate of drug-likeness (QED) is 0.316. The zero-order chi connectivity index (χ0) is 25.8. The highest BCUT2D eigenvalue weighted by atomic mass is 32.2. The van der Waals surface area contributed by atoms with E-state index in [1.54, 1.807) is 23.1 Å². The third-order valence-electron chi connectivity index (χ3n) is 5.69. The van der Waals surface area contributed by atoms with Crippen LogP contribution in [-0.2, 0) is 9.59 Å². The van der Waals surface area contributed by atoms with Crippen molar-refractivity contribution in [2.24, 2.45) is 0 Å². The lowest BCUT2D eigenvalue weighted by molar-refractivity contribution is -0.118. The number of amides is 2. The SMILES string of the molecule is Cc1cccc(C)c1NC(=O)COc1cccc(/C=C2\SC(=S)N(c3ccc(N(C)C)cc3)C2=O)c1. The van der Waals surface area contributed by atoms with Gasteiger partial charge in [-0.3, -0.25) is 14.5 Å². The number of thiocarbonyl (C=S) groups is 1. The van der Waals surface area contributed by atoms with Crippen LogP contribution in [-0.4, -0.2) is 36.8 Å². The molecule has 1 saturated heterocycles. The van der Waals surface area contributed by atoms with E-state index in [0.717, 1.165) is 33.8 Å². The number of ether oxygens (including phenoxy) is 1. The molecule has 4 rings (SSSR count). The van der Waals surface area contributed by atoms with Crippen LogP contribution in [0.2, 0.25) is 0 Å². The molecule has 3 aromatic rings.